The minimum atomic E-state index is -0.0348. The highest BCUT2D eigenvalue weighted by molar-refractivity contribution is 5.74. The van der Waals surface area contributed by atoms with Gasteiger partial charge in [0.05, 0.1) is 7.11 Å². The minimum absolute atomic E-state index is 0.0348. The van der Waals surface area contributed by atoms with Crippen molar-refractivity contribution < 1.29 is 14.3 Å². The number of rotatable bonds is 5. The first-order chi connectivity index (χ1) is 12.1. The quantitative estimate of drug-likeness (QED) is 0.648. The third kappa shape index (κ3) is 4.66. The van der Waals surface area contributed by atoms with E-state index in [0.717, 1.165) is 23.3 Å². The molecule has 0 atom stereocenters. The Balaban J connectivity index is 2.39. The van der Waals surface area contributed by atoms with Crippen LogP contribution < -0.4 is 9.47 Å². The third-order valence-electron chi connectivity index (χ3n) is 4.39. The second kappa shape index (κ2) is 7.53. The summed E-state index contributed by atoms with van der Waals surface area (Å²) in [6.45, 7) is 13.6. The Labute approximate surface area is 157 Å². The van der Waals surface area contributed by atoms with Gasteiger partial charge in [-0.2, -0.15) is 0 Å². The Bertz CT molecular complexity index is 725. The summed E-state index contributed by atoms with van der Waals surface area (Å²) in [5, 5.41) is 0. The van der Waals surface area contributed by atoms with Gasteiger partial charge in [0.25, 0.3) is 0 Å². The molecule has 0 amide bonds. The van der Waals surface area contributed by atoms with Crippen molar-refractivity contribution in [2.24, 2.45) is 0 Å². The summed E-state index contributed by atoms with van der Waals surface area (Å²) in [7, 11) is 1.74. The van der Waals surface area contributed by atoms with Crippen molar-refractivity contribution in [1.29, 1.82) is 0 Å². The lowest BCUT2D eigenvalue weighted by molar-refractivity contribution is 0.112. The zero-order valence-corrected chi connectivity index (χ0v) is 17.0. The predicted octanol–water partition coefficient (Wildman–Crippen LogP) is 5.68. The van der Waals surface area contributed by atoms with Gasteiger partial charge in [0.2, 0.25) is 0 Å². The molecule has 140 valence electrons. The summed E-state index contributed by atoms with van der Waals surface area (Å²) in [6, 6.07) is 11.5. The van der Waals surface area contributed by atoms with Crippen molar-refractivity contribution in [3.05, 3.63) is 58.7 Å². The van der Waals surface area contributed by atoms with E-state index in [1.165, 1.54) is 11.1 Å². The highest BCUT2D eigenvalue weighted by Gasteiger charge is 2.27. The topological polar surface area (TPSA) is 35.5 Å². The zero-order chi connectivity index (χ0) is 19.5. The second-order valence-corrected chi connectivity index (χ2v) is 8.70. The molecule has 2 aromatic carbocycles. The fourth-order valence-electron chi connectivity index (χ4n) is 2.92. The molecule has 0 heterocycles. The minimum Gasteiger partial charge on any atom is -0.496 e. The van der Waals surface area contributed by atoms with E-state index in [0.29, 0.717) is 12.2 Å². The molecule has 3 nitrogen and oxygen atoms in total. The molecule has 0 radical (unpaired) electrons. The maximum absolute atomic E-state index is 10.8. The van der Waals surface area contributed by atoms with E-state index in [4.69, 9.17) is 9.47 Å². The van der Waals surface area contributed by atoms with E-state index in [1.807, 2.05) is 12.1 Å². The third-order valence-corrected chi connectivity index (χ3v) is 4.39. The molecule has 2 rings (SSSR count). The molecule has 0 bridgehead atoms. The molecule has 0 saturated heterocycles. The molecule has 3 heteroatoms. The van der Waals surface area contributed by atoms with Crippen LogP contribution in [0.3, 0.4) is 0 Å². The van der Waals surface area contributed by atoms with E-state index in [9.17, 15) is 4.79 Å². The molecule has 0 saturated carbocycles. The standard InChI is InChI=1S/C23H30O3/c1-22(2,3)19-12-17(13-20(21(19)25-7)23(4,5)6)15-26-18-10-8-16(14-24)9-11-18/h8-14H,15H2,1-7H3. The molecule has 0 fully saturated rings. The van der Waals surface area contributed by atoms with Crippen LogP contribution in [-0.2, 0) is 17.4 Å². The number of carbonyl (C=O) groups is 1. The van der Waals surface area contributed by atoms with Gasteiger partial charge in [-0.3, -0.25) is 4.79 Å². The molecular formula is C23H30O3. The SMILES string of the molecule is COc1c(C(C)(C)C)cc(COc2ccc(C=O)cc2)cc1C(C)(C)C. The molecule has 0 spiro atoms. The van der Waals surface area contributed by atoms with Crippen LogP contribution in [0.2, 0.25) is 0 Å². The molecular weight excluding hydrogens is 324 g/mol. The first-order valence-electron chi connectivity index (χ1n) is 8.96. The summed E-state index contributed by atoms with van der Waals surface area (Å²) in [5.41, 5.74) is 4.05. The molecule has 0 aromatic heterocycles. The second-order valence-electron chi connectivity index (χ2n) is 8.70. The van der Waals surface area contributed by atoms with Crippen LogP contribution in [0.5, 0.6) is 11.5 Å². The maximum Gasteiger partial charge on any atom is 0.150 e. The largest absolute Gasteiger partial charge is 0.496 e. The van der Waals surface area contributed by atoms with Crippen LogP contribution in [0.1, 0.15) is 68.6 Å². The van der Waals surface area contributed by atoms with Crippen LogP contribution in [0.15, 0.2) is 36.4 Å². The number of ether oxygens (including phenoxy) is 2. The molecule has 2 aromatic rings. The van der Waals surface area contributed by atoms with Gasteiger partial charge in [0, 0.05) is 16.7 Å². The zero-order valence-electron chi connectivity index (χ0n) is 17.0. The average molecular weight is 354 g/mol. The summed E-state index contributed by atoms with van der Waals surface area (Å²) in [4.78, 5) is 10.8. The van der Waals surface area contributed by atoms with E-state index in [-0.39, 0.29) is 10.8 Å². The summed E-state index contributed by atoms with van der Waals surface area (Å²) in [5.74, 6) is 1.71. The molecule has 0 unspecified atom stereocenters. The van der Waals surface area contributed by atoms with Gasteiger partial charge in [-0.1, -0.05) is 41.5 Å². The van der Waals surface area contributed by atoms with Crippen molar-refractivity contribution >= 4 is 6.29 Å². The van der Waals surface area contributed by atoms with Gasteiger partial charge >= 0.3 is 0 Å². The maximum atomic E-state index is 10.8. The van der Waals surface area contributed by atoms with E-state index in [2.05, 4.69) is 53.7 Å². The fraction of sp³-hybridized carbons (Fsp3) is 0.435. The molecule has 0 aliphatic carbocycles. The summed E-state index contributed by atoms with van der Waals surface area (Å²) < 4.78 is 11.7. The Morgan fingerprint density at radius 1 is 0.885 bits per heavy atom. The van der Waals surface area contributed by atoms with Crippen LogP contribution in [0.4, 0.5) is 0 Å². The molecule has 26 heavy (non-hydrogen) atoms. The van der Waals surface area contributed by atoms with Crippen LogP contribution in [0.25, 0.3) is 0 Å². The molecule has 0 aliphatic heterocycles. The Kier molecular flexibility index (Phi) is 5.80. The number of hydrogen-bond acceptors (Lipinski definition) is 3. The lowest BCUT2D eigenvalue weighted by Crippen LogP contribution is -2.20. The number of carbonyl (C=O) groups excluding carboxylic acids is 1. The number of hydrogen-bond donors (Lipinski definition) is 0. The normalized spacial score (nSPS) is 12.0. The summed E-state index contributed by atoms with van der Waals surface area (Å²) in [6.07, 6.45) is 0.832. The smallest absolute Gasteiger partial charge is 0.150 e. The summed E-state index contributed by atoms with van der Waals surface area (Å²) >= 11 is 0. The van der Waals surface area contributed by atoms with Crippen molar-refractivity contribution in [1.82, 2.24) is 0 Å². The lowest BCUT2D eigenvalue weighted by Gasteiger charge is -2.30. The molecule has 0 N–H and O–H groups in total. The Hall–Kier alpha value is -2.29. The number of aldehydes is 1. The first kappa shape index (κ1) is 20.0. The average Bonchev–Trinajstić information content (AvgIpc) is 2.58. The number of methoxy groups -OCH3 is 1. The van der Waals surface area contributed by atoms with Crippen molar-refractivity contribution in [3.8, 4) is 11.5 Å². The van der Waals surface area contributed by atoms with Crippen LogP contribution >= 0.6 is 0 Å². The van der Waals surface area contributed by atoms with Crippen LogP contribution in [0, 0.1) is 0 Å². The van der Waals surface area contributed by atoms with E-state index < -0.39 is 0 Å². The van der Waals surface area contributed by atoms with E-state index in [1.54, 1.807) is 19.2 Å². The van der Waals surface area contributed by atoms with Gasteiger partial charge in [0.1, 0.15) is 24.4 Å². The molecule has 0 aliphatic rings. The monoisotopic (exact) mass is 354 g/mol. The van der Waals surface area contributed by atoms with Gasteiger partial charge in [0.15, 0.2) is 0 Å². The van der Waals surface area contributed by atoms with Gasteiger partial charge < -0.3 is 9.47 Å². The van der Waals surface area contributed by atoms with Crippen molar-refractivity contribution in [2.45, 2.75) is 59.0 Å². The Morgan fingerprint density at radius 3 is 1.77 bits per heavy atom. The van der Waals surface area contributed by atoms with E-state index >= 15 is 0 Å². The van der Waals surface area contributed by atoms with Crippen LogP contribution in [-0.4, -0.2) is 13.4 Å². The fourth-order valence-corrected chi connectivity index (χ4v) is 2.92. The van der Waals surface area contributed by atoms with Crippen molar-refractivity contribution in [2.75, 3.05) is 7.11 Å². The van der Waals surface area contributed by atoms with Gasteiger partial charge in [-0.15, -0.1) is 0 Å². The lowest BCUT2D eigenvalue weighted by atomic mass is 9.78. The highest BCUT2D eigenvalue weighted by Crippen LogP contribution is 2.40. The number of benzene rings is 2. The van der Waals surface area contributed by atoms with Crippen molar-refractivity contribution in [3.63, 3.8) is 0 Å². The highest BCUT2D eigenvalue weighted by atomic mass is 16.5. The van der Waals surface area contributed by atoms with Gasteiger partial charge in [-0.05, 0) is 52.8 Å². The van der Waals surface area contributed by atoms with Gasteiger partial charge in [-0.25, -0.2) is 0 Å². The first-order valence-corrected chi connectivity index (χ1v) is 8.96. The predicted molar refractivity (Wildman–Crippen MR) is 107 cm³/mol. The Morgan fingerprint density at radius 2 is 1.38 bits per heavy atom.